The van der Waals surface area contributed by atoms with Gasteiger partial charge >= 0.3 is 0 Å². The van der Waals surface area contributed by atoms with Gasteiger partial charge in [0.15, 0.2) is 0 Å². The normalized spacial score (nSPS) is 13.0. The monoisotopic (exact) mass is 1030 g/mol. The van der Waals surface area contributed by atoms with Gasteiger partial charge in [-0.25, -0.2) is 0 Å². The minimum Gasteiger partial charge on any atom is -0.332 e. The summed E-state index contributed by atoms with van der Waals surface area (Å²) >= 11 is 1.85. The first kappa shape index (κ1) is 37.5. The van der Waals surface area contributed by atoms with Crippen molar-refractivity contribution in [2.75, 3.05) is 0 Å². The molecule has 0 saturated carbocycles. The molecule has 63 heavy (non-hydrogen) atoms. The predicted octanol–water partition coefficient (Wildman–Crippen LogP) is 15.4. The van der Waals surface area contributed by atoms with E-state index < -0.39 is 20.8 Å². The van der Waals surface area contributed by atoms with E-state index in [2.05, 4.69) is 181 Å². The van der Waals surface area contributed by atoms with Crippen molar-refractivity contribution < 1.29 is 25.6 Å². The summed E-state index contributed by atoms with van der Waals surface area (Å²) in [5.74, 6) is 0.192. The van der Waals surface area contributed by atoms with E-state index in [1.54, 1.807) is 12.1 Å². The van der Waals surface area contributed by atoms with Crippen LogP contribution in [0.1, 0.15) is 36.4 Å². The molecule has 8 aromatic carbocycles. The molecule has 0 saturated heterocycles. The summed E-state index contributed by atoms with van der Waals surface area (Å²) in [7, 11) is -1.61. The molecule has 311 valence electrons. The number of nitrogens with zero attached hydrogens (tertiary/aromatic N) is 3. The largest absolute Gasteiger partial charge is 0.332 e. The van der Waals surface area contributed by atoms with Crippen LogP contribution >= 0.6 is 11.3 Å². The molecule has 3 heterocycles. The molecule has 0 amide bonds. The summed E-state index contributed by atoms with van der Waals surface area (Å²) in [5.41, 5.74) is 9.30. The van der Waals surface area contributed by atoms with E-state index in [4.69, 9.17) is 10.5 Å². The zero-order valence-corrected chi connectivity index (χ0v) is 40.0. The van der Waals surface area contributed by atoms with Gasteiger partial charge in [0.1, 0.15) is 0 Å². The van der Waals surface area contributed by atoms with E-state index in [1.165, 1.54) is 64.1 Å². The first-order valence-electron chi connectivity index (χ1n) is 23.0. The maximum atomic E-state index is 8.48. The molecule has 6 heteroatoms. The van der Waals surface area contributed by atoms with Crippen molar-refractivity contribution in [2.45, 2.75) is 46.2 Å². The number of fused-ring (bicyclic) bond motifs is 8. The van der Waals surface area contributed by atoms with Crippen molar-refractivity contribution in [3.8, 4) is 39.5 Å². The van der Waals surface area contributed by atoms with Crippen LogP contribution in [0.3, 0.4) is 0 Å². The van der Waals surface area contributed by atoms with Gasteiger partial charge in [-0.1, -0.05) is 178 Å². The molecule has 0 aliphatic carbocycles. The van der Waals surface area contributed by atoms with E-state index in [-0.39, 0.29) is 25.7 Å². The molecule has 3 nitrogen and oxygen atoms in total. The van der Waals surface area contributed by atoms with Gasteiger partial charge in [-0.3, -0.25) is 4.98 Å². The van der Waals surface area contributed by atoms with Crippen LogP contribution in [0.4, 0.5) is 0 Å². The molecule has 0 spiro atoms. The average molecular weight is 1030 g/mol. The van der Waals surface area contributed by atoms with Crippen molar-refractivity contribution in [2.24, 2.45) is 0 Å². The second-order valence-electron chi connectivity index (χ2n) is 17.0. The fourth-order valence-electron chi connectivity index (χ4n) is 8.61. The third kappa shape index (κ3) is 7.87. The van der Waals surface area contributed by atoms with Crippen molar-refractivity contribution in [1.29, 1.82) is 0 Å². The Bertz CT molecular complexity index is 3610. The SMILES string of the molecule is [2H]C([2H])([2H])c1c[c-]c(-c2cc(C([2H])(C)C)c([Si](C)(C)C)cn2)cc1.[Ir].[c-]1ccc2c(sc3c4ccccc4ccc23)c1-c1nc2ccc3ccccc3c2n1-c1ccccc1-c1ccccc1. The summed E-state index contributed by atoms with van der Waals surface area (Å²) in [5, 5.41) is 8.65. The number of aryl methyl sites for hydroxylation is 1. The number of thiophene rings is 1. The summed E-state index contributed by atoms with van der Waals surface area (Å²) in [6, 6.07) is 63.1. The molecule has 0 aliphatic heterocycles. The Labute approximate surface area is 394 Å². The second kappa shape index (κ2) is 17.3. The minimum atomic E-state index is -2.13. The molecule has 0 fully saturated rings. The van der Waals surface area contributed by atoms with E-state index >= 15 is 0 Å². The number of pyridine rings is 1. The van der Waals surface area contributed by atoms with Crippen LogP contribution in [0, 0.1) is 19.0 Å². The Morgan fingerprint density at radius 1 is 0.698 bits per heavy atom. The Kier molecular flexibility index (Phi) is 10.3. The minimum absolute atomic E-state index is 0. The third-order valence-electron chi connectivity index (χ3n) is 11.7. The first-order chi connectivity index (χ1) is 31.6. The van der Waals surface area contributed by atoms with Crippen LogP contribution < -0.4 is 5.19 Å². The molecular weight excluding hydrogens is 979 g/mol. The number of benzene rings is 8. The van der Waals surface area contributed by atoms with Crippen LogP contribution in [0.25, 0.3) is 92.2 Å². The van der Waals surface area contributed by atoms with Gasteiger partial charge in [0.25, 0.3) is 0 Å². The van der Waals surface area contributed by atoms with Gasteiger partial charge in [-0.2, -0.15) is 11.3 Å². The Hall–Kier alpha value is -6.01. The molecule has 0 N–H and O–H groups in total. The van der Waals surface area contributed by atoms with Crippen molar-refractivity contribution in [1.82, 2.24) is 14.5 Å². The molecule has 0 aliphatic rings. The van der Waals surface area contributed by atoms with Gasteiger partial charge in [0.05, 0.1) is 24.9 Å². The van der Waals surface area contributed by atoms with Crippen LogP contribution in [0.15, 0.2) is 170 Å². The summed E-state index contributed by atoms with van der Waals surface area (Å²) in [4.78, 5) is 9.93. The standard InChI is InChI=1S/C39H23N2S.C18H24NSi.Ir/c1-2-11-25(12-3-1)28-15-8-9-20-35(28)41-36-29-16-6-4-13-26(29)22-24-34(36)40-39(41)33-19-10-18-31-32-23-21-27-14-5-7-17-30(27)37(32)42-38(31)33;1-13(2)16-11-17(15-9-7-14(3)8-10-15)19-12-18(16)20(4,5)6;/h1-18,20-24H;7-9,11-13H,1-6H3;/q2*-1;/i;3D3,13D;. The maximum Gasteiger partial charge on any atom is 0.0799 e. The topological polar surface area (TPSA) is 30.7 Å². The van der Waals surface area contributed by atoms with Gasteiger partial charge in [0.2, 0.25) is 0 Å². The van der Waals surface area contributed by atoms with Crippen LogP contribution in [0.2, 0.25) is 19.6 Å². The van der Waals surface area contributed by atoms with E-state index in [0.717, 1.165) is 44.9 Å². The summed E-state index contributed by atoms with van der Waals surface area (Å²) < 4.78 is 35.7. The molecule has 11 aromatic rings. The zero-order chi connectivity index (χ0) is 46.0. The molecule has 0 atom stereocenters. The molecule has 3 aromatic heterocycles. The molecular formula is C57H47IrN3SSi-2. The van der Waals surface area contributed by atoms with Crippen LogP contribution in [-0.4, -0.2) is 22.6 Å². The van der Waals surface area contributed by atoms with E-state index in [1.807, 2.05) is 37.4 Å². The fourth-order valence-corrected chi connectivity index (χ4v) is 11.5. The second-order valence-corrected chi connectivity index (χ2v) is 23.1. The molecule has 0 unspecified atom stereocenters. The van der Waals surface area contributed by atoms with Gasteiger partial charge in [-0.05, 0) is 60.7 Å². The molecule has 11 rings (SSSR count). The van der Waals surface area contributed by atoms with Crippen molar-refractivity contribution >= 4 is 77.3 Å². The maximum absolute atomic E-state index is 8.48. The Morgan fingerprint density at radius 3 is 2.14 bits per heavy atom. The summed E-state index contributed by atoms with van der Waals surface area (Å²) in [6.45, 7) is 8.38. The predicted molar refractivity (Wildman–Crippen MR) is 269 cm³/mol. The quantitative estimate of drug-likeness (QED) is 0.123. The fraction of sp³-hybridized carbons (Fsp3) is 0.123. The third-order valence-corrected chi connectivity index (χ3v) is 14.9. The van der Waals surface area contributed by atoms with Crippen molar-refractivity contribution in [3.05, 3.63) is 193 Å². The van der Waals surface area contributed by atoms with Crippen molar-refractivity contribution in [3.63, 3.8) is 0 Å². The van der Waals surface area contributed by atoms with E-state index in [0.29, 0.717) is 0 Å². The van der Waals surface area contributed by atoms with Gasteiger partial charge in [0, 0.05) is 53.1 Å². The smallest absolute Gasteiger partial charge is 0.0799 e. The van der Waals surface area contributed by atoms with Gasteiger partial charge < -0.3 is 9.55 Å². The van der Waals surface area contributed by atoms with Crippen LogP contribution in [0.5, 0.6) is 0 Å². The molecule has 0 bridgehead atoms. The Morgan fingerprint density at radius 2 is 1.40 bits per heavy atom. The van der Waals surface area contributed by atoms with E-state index in [9.17, 15) is 0 Å². The number of hydrogen-bond acceptors (Lipinski definition) is 3. The first-order valence-corrected chi connectivity index (χ1v) is 25.3. The Balaban J connectivity index is 0.000000194. The average Bonchev–Trinajstić information content (AvgIpc) is 3.91. The summed E-state index contributed by atoms with van der Waals surface area (Å²) in [6.07, 6.45) is 1.89. The number of para-hydroxylation sites is 1. The molecule has 1 radical (unpaired) electrons. The number of rotatable bonds is 6. The number of aromatic nitrogens is 3. The number of imidazole rings is 1. The number of hydrogen-bond donors (Lipinski definition) is 0. The zero-order valence-electron chi connectivity index (χ0n) is 39.7. The van der Waals surface area contributed by atoms with Gasteiger partial charge in [-0.15, -0.1) is 53.6 Å². The van der Waals surface area contributed by atoms with Crippen LogP contribution in [-0.2, 0) is 20.1 Å².